The molecule has 1 aromatic carbocycles. The summed E-state index contributed by atoms with van der Waals surface area (Å²) in [6.07, 6.45) is 0.705. The second kappa shape index (κ2) is 5.85. The molecule has 1 heterocycles. The number of hydrogen-bond acceptors (Lipinski definition) is 5. The van der Waals surface area contributed by atoms with E-state index in [9.17, 15) is 10.1 Å². The average molecular weight is 331 g/mol. The van der Waals surface area contributed by atoms with Crippen LogP contribution in [-0.4, -0.2) is 30.5 Å². The maximum Gasteiger partial charge on any atom is 0.270 e. The highest BCUT2D eigenvalue weighted by Gasteiger charge is 2.30. The number of anilines is 1. The molecule has 0 bridgehead atoms. The molecule has 0 atom stereocenters. The number of hydrogen-bond donors (Lipinski definition) is 1. The molecule has 2 rings (SSSR count). The molecule has 1 aromatic rings. The minimum Gasteiger partial charge on any atom is -0.384 e. The van der Waals surface area contributed by atoms with Gasteiger partial charge in [0.05, 0.1) is 18.1 Å². The maximum absolute atomic E-state index is 10.6. The second-order valence-corrected chi connectivity index (χ2v) is 5.28. The fourth-order valence-electron chi connectivity index (χ4n) is 1.89. The van der Waals surface area contributed by atoms with Crippen LogP contribution in [0.5, 0.6) is 0 Å². The zero-order chi connectivity index (χ0) is 13.9. The van der Waals surface area contributed by atoms with Crippen LogP contribution in [0.15, 0.2) is 22.7 Å². The van der Waals surface area contributed by atoms with E-state index in [4.69, 9.17) is 9.47 Å². The summed E-state index contributed by atoms with van der Waals surface area (Å²) in [7, 11) is 0. The Morgan fingerprint density at radius 2 is 2.16 bits per heavy atom. The maximum atomic E-state index is 10.6. The summed E-state index contributed by atoms with van der Waals surface area (Å²) in [6.45, 7) is 3.81. The van der Waals surface area contributed by atoms with Crippen LogP contribution >= 0.6 is 15.9 Å². The Labute approximate surface area is 119 Å². The number of ether oxygens (including phenoxy) is 2. The van der Waals surface area contributed by atoms with Gasteiger partial charge in [-0.25, -0.2) is 0 Å². The largest absolute Gasteiger partial charge is 0.384 e. The first-order valence-electron chi connectivity index (χ1n) is 5.96. The van der Waals surface area contributed by atoms with E-state index in [2.05, 4.69) is 21.2 Å². The van der Waals surface area contributed by atoms with Gasteiger partial charge in [0.25, 0.3) is 5.69 Å². The first-order chi connectivity index (χ1) is 9.00. The lowest BCUT2D eigenvalue weighted by molar-refractivity contribution is -0.384. The lowest BCUT2D eigenvalue weighted by Gasteiger charge is -2.22. The molecule has 1 saturated heterocycles. The minimum absolute atomic E-state index is 0.0619. The average Bonchev–Trinajstić information content (AvgIpc) is 2.78. The summed E-state index contributed by atoms with van der Waals surface area (Å²) in [5, 5.41) is 13.8. The summed E-state index contributed by atoms with van der Waals surface area (Å²) < 4.78 is 11.7. The van der Waals surface area contributed by atoms with Crippen LogP contribution in [0.3, 0.4) is 0 Å². The Hall–Kier alpha value is -1.18. The van der Waals surface area contributed by atoms with Crippen molar-refractivity contribution in [2.24, 2.45) is 0 Å². The number of benzene rings is 1. The Bertz CT molecular complexity index is 475. The fraction of sp³-hybridized carbons (Fsp3) is 0.500. The van der Waals surface area contributed by atoms with Gasteiger partial charge in [0.1, 0.15) is 0 Å². The predicted molar refractivity (Wildman–Crippen MR) is 74.2 cm³/mol. The van der Waals surface area contributed by atoms with E-state index < -0.39 is 10.7 Å². The molecule has 1 aliphatic heterocycles. The highest BCUT2D eigenvalue weighted by atomic mass is 79.9. The van der Waals surface area contributed by atoms with Crippen molar-refractivity contribution >= 4 is 27.3 Å². The Morgan fingerprint density at radius 1 is 1.47 bits per heavy atom. The normalized spacial score (nSPS) is 17.4. The SMILES string of the molecule is CC1(CCNc2ccc([N+](=O)[O-])cc2Br)OCCO1. The molecule has 104 valence electrons. The summed E-state index contributed by atoms with van der Waals surface area (Å²) in [4.78, 5) is 10.2. The van der Waals surface area contributed by atoms with Crippen molar-refractivity contribution in [3.8, 4) is 0 Å². The van der Waals surface area contributed by atoms with Crippen LogP contribution in [0.25, 0.3) is 0 Å². The van der Waals surface area contributed by atoms with Crippen molar-refractivity contribution in [1.29, 1.82) is 0 Å². The van der Waals surface area contributed by atoms with Crippen LogP contribution in [-0.2, 0) is 9.47 Å². The Kier molecular flexibility index (Phi) is 4.38. The summed E-state index contributed by atoms with van der Waals surface area (Å²) in [5.41, 5.74) is 0.874. The monoisotopic (exact) mass is 330 g/mol. The van der Waals surface area contributed by atoms with Gasteiger partial charge in [-0.3, -0.25) is 10.1 Å². The molecule has 0 amide bonds. The number of halogens is 1. The molecule has 6 nitrogen and oxygen atoms in total. The third-order valence-electron chi connectivity index (χ3n) is 2.96. The van der Waals surface area contributed by atoms with Gasteiger partial charge < -0.3 is 14.8 Å². The molecule has 19 heavy (non-hydrogen) atoms. The highest BCUT2D eigenvalue weighted by molar-refractivity contribution is 9.10. The molecule has 1 aliphatic rings. The molecule has 7 heteroatoms. The van der Waals surface area contributed by atoms with Crippen LogP contribution < -0.4 is 5.32 Å². The summed E-state index contributed by atoms with van der Waals surface area (Å²) in [6, 6.07) is 4.63. The van der Waals surface area contributed by atoms with E-state index >= 15 is 0 Å². The topological polar surface area (TPSA) is 73.6 Å². The van der Waals surface area contributed by atoms with Gasteiger partial charge in [-0.05, 0) is 28.9 Å². The molecular formula is C12H15BrN2O4. The Morgan fingerprint density at radius 3 is 2.74 bits per heavy atom. The first kappa shape index (κ1) is 14.2. The van der Waals surface area contributed by atoms with Crippen LogP contribution in [0.4, 0.5) is 11.4 Å². The molecule has 0 radical (unpaired) electrons. The number of nitro groups is 1. The molecule has 0 aromatic heterocycles. The van der Waals surface area contributed by atoms with Crippen LogP contribution in [0.1, 0.15) is 13.3 Å². The molecule has 1 N–H and O–H groups in total. The van der Waals surface area contributed by atoms with E-state index in [1.54, 1.807) is 6.07 Å². The fourth-order valence-corrected chi connectivity index (χ4v) is 2.39. The smallest absolute Gasteiger partial charge is 0.270 e. The molecule has 0 spiro atoms. The number of nitrogens with zero attached hydrogens (tertiary/aromatic N) is 1. The predicted octanol–water partition coefficient (Wildman–Crippen LogP) is 2.92. The highest BCUT2D eigenvalue weighted by Crippen LogP contribution is 2.28. The van der Waals surface area contributed by atoms with Crippen molar-refractivity contribution in [2.45, 2.75) is 19.1 Å². The van der Waals surface area contributed by atoms with Crippen molar-refractivity contribution < 1.29 is 14.4 Å². The zero-order valence-corrected chi connectivity index (χ0v) is 12.1. The van der Waals surface area contributed by atoms with Crippen molar-refractivity contribution in [1.82, 2.24) is 0 Å². The third kappa shape index (κ3) is 3.65. The summed E-state index contributed by atoms with van der Waals surface area (Å²) in [5.74, 6) is -0.528. The second-order valence-electron chi connectivity index (χ2n) is 4.43. The number of nitro benzene ring substituents is 1. The van der Waals surface area contributed by atoms with Gasteiger partial charge in [0.2, 0.25) is 0 Å². The minimum atomic E-state index is -0.528. The zero-order valence-electron chi connectivity index (χ0n) is 10.5. The number of rotatable bonds is 5. The number of nitrogens with one attached hydrogen (secondary N) is 1. The van der Waals surface area contributed by atoms with Gasteiger partial charge in [-0.2, -0.15) is 0 Å². The standard InChI is InChI=1S/C12H15BrN2O4/c1-12(18-6-7-19-12)4-5-14-11-3-2-9(15(16)17)8-10(11)13/h2-3,8,14H,4-7H2,1H3. The van der Waals surface area contributed by atoms with E-state index in [-0.39, 0.29) is 5.69 Å². The van der Waals surface area contributed by atoms with E-state index in [0.717, 1.165) is 5.69 Å². The lowest BCUT2D eigenvalue weighted by atomic mass is 10.2. The van der Waals surface area contributed by atoms with Gasteiger partial charge in [0, 0.05) is 35.3 Å². The van der Waals surface area contributed by atoms with Crippen LogP contribution in [0.2, 0.25) is 0 Å². The van der Waals surface area contributed by atoms with Gasteiger partial charge in [0.15, 0.2) is 5.79 Å². The summed E-state index contributed by atoms with van der Waals surface area (Å²) >= 11 is 3.31. The third-order valence-corrected chi connectivity index (χ3v) is 3.61. The quantitative estimate of drug-likeness (QED) is 0.663. The van der Waals surface area contributed by atoms with Gasteiger partial charge >= 0.3 is 0 Å². The van der Waals surface area contributed by atoms with Crippen molar-refractivity contribution in [3.63, 3.8) is 0 Å². The molecule has 0 aliphatic carbocycles. The molecule has 0 saturated carbocycles. The molecular weight excluding hydrogens is 316 g/mol. The van der Waals surface area contributed by atoms with Gasteiger partial charge in [-0.1, -0.05) is 0 Å². The van der Waals surface area contributed by atoms with Crippen molar-refractivity contribution in [3.05, 3.63) is 32.8 Å². The lowest BCUT2D eigenvalue weighted by Crippen LogP contribution is -2.28. The van der Waals surface area contributed by atoms with Crippen LogP contribution in [0, 0.1) is 10.1 Å². The van der Waals surface area contributed by atoms with Crippen molar-refractivity contribution in [2.75, 3.05) is 25.1 Å². The Balaban J connectivity index is 1.91. The van der Waals surface area contributed by atoms with E-state index in [1.807, 2.05) is 6.92 Å². The molecule has 1 fully saturated rings. The van der Waals surface area contributed by atoms with E-state index in [0.29, 0.717) is 30.7 Å². The first-order valence-corrected chi connectivity index (χ1v) is 6.75. The molecule has 0 unspecified atom stereocenters. The van der Waals surface area contributed by atoms with E-state index in [1.165, 1.54) is 12.1 Å². The van der Waals surface area contributed by atoms with Gasteiger partial charge in [-0.15, -0.1) is 0 Å². The number of non-ortho nitro benzene ring substituents is 1.